The first-order valence-electron chi connectivity index (χ1n) is 6.86. The number of rotatable bonds is 3. The third-order valence-corrected chi connectivity index (χ3v) is 3.40. The molecule has 1 amide bonds. The molecule has 3 rings (SSSR count). The van der Waals surface area contributed by atoms with Gasteiger partial charge < -0.3 is 9.88 Å². The first kappa shape index (κ1) is 14.2. The molecule has 3 heterocycles. The molecule has 0 saturated carbocycles. The van der Waals surface area contributed by atoms with Crippen LogP contribution in [0.1, 0.15) is 27.6 Å². The van der Waals surface area contributed by atoms with E-state index in [0.717, 1.165) is 11.3 Å². The topological polar surface area (TPSA) is 66.3 Å². The Hall–Kier alpha value is -2.70. The molecule has 114 valence electrons. The predicted octanol–water partition coefficient (Wildman–Crippen LogP) is 2.09. The zero-order chi connectivity index (χ0) is 15.9. The van der Waals surface area contributed by atoms with Gasteiger partial charge >= 0.3 is 0 Å². The van der Waals surface area contributed by atoms with E-state index in [1.165, 1.54) is 9.30 Å². The maximum Gasteiger partial charge on any atom is 0.277 e. The van der Waals surface area contributed by atoms with Crippen molar-refractivity contribution in [2.45, 2.75) is 20.4 Å². The number of imidazole rings is 2. The van der Waals surface area contributed by atoms with Crippen molar-refractivity contribution in [3.63, 3.8) is 0 Å². The van der Waals surface area contributed by atoms with E-state index in [2.05, 4.69) is 15.0 Å². The van der Waals surface area contributed by atoms with E-state index in [4.69, 9.17) is 0 Å². The molecule has 0 radical (unpaired) electrons. The molecule has 3 aromatic rings. The quantitative estimate of drug-likeness (QED) is 0.805. The number of hydrogen-bond donors (Lipinski definition) is 1. The second-order valence-corrected chi connectivity index (χ2v) is 5.36. The number of nitrogens with one attached hydrogen (secondary N) is 1. The lowest BCUT2D eigenvalue weighted by atomic mass is 10.3. The van der Waals surface area contributed by atoms with Gasteiger partial charge in [-0.1, -0.05) is 6.07 Å². The van der Waals surface area contributed by atoms with Crippen LogP contribution in [0.25, 0.3) is 5.65 Å². The van der Waals surface area contributed by atoms with E-state index in [1.54, 1.807) is 25.5 Å². The fraction of sp³-hybridized carbons (Fsp3) is 0.267. The molecule has 6 nitrogen and oxygen atoms in total. The predicted molar refractivity (Wildman–Crippen MR) is 79.0 cm³/mol. The Bertz CT molecular complexity index is 851. The highest BCUT2D eigenvalue weighted by atomic mass is 19.1. The third kappa shape index (κ3) is 2.45. The fourth-order valence-electron chi connectivity index (χ4n) is 2.28. The summed E-state index contributed by atoms with van der Waals surface area (Å²) in [6.45, 7) is 3.99. The molecule has 3 aromatic heterocycles. The average molecular weight is 301 g/mol. The molecule has 0 aliphatic carbocycles. The average Bonchev–Trinajstić information content (AvgIpc) is 3.02. The number of nitrogens with zero attached hydrogens (tertiary/aromatic N) is 4. The van der Waals surface area contributed by atoms with Crippen molar-refractivity contribution in [3.8, 4) is 0 Å². The first-order chi connectivity index (χ1) is 10.5. The fourth-order valence-corrected chi connectivity index (χ4v) is 2.28. The highest BCUT2D eigenvalue weighted by Gasteiger charge is 2.22. The Morgan fingerprint density at radius 3 is 2.86 bits per heavy atom. The minimum atomic E-state index is -0.647. The molecule has 22 heavy (non-hydrogen) atoms. The number of pyridine rings is 1. The molecule has 0 bridgehead atoms. The van der Waals surface area contributed by atoms with Gasteiger partial charge in [0.1, 0.15) is 11.5 Å². The van der Waals surface area contributed by atoms with E-state index in [-0.39, 0.29) is 12.2 Å². The van der Waals surface area contributed by atoms with Crippen LogP contribution in [0.15, 0.2) is 24.5 Å². The number of amides is 1. The maximum absolute atomic E-state index is 14.4. The lowest BCUT2D eigenvalue weighted by Gasteiger charge is -2.14. The monoisotopic (exact) mass is 301 g/mol. The first-order valence-corrected chi connectivity index (χ1v) is 6.86. The molecular weight excluding hydrogens is 285 g/mol. The standard InChI is InChI=1S/C15H16FN5O/c1-9-4-5-12-19-13(14(16)21(12)7-9)15(22)20(3)8-11-17-6-10(2)18-11/h4-7H,8H2,1-3H3,(H,17,18). The summed E-state index contributed by atoms with van der Waals surface area (Å²) >= 11 is 0. The molecule has 0 unspecified atom stereocenters. The second kappa shape index (κ2) is 5.25. The summed E-state index contributed by atoms with van der Waals surface area (Å²) < 4.78 is 15.7. The Labute approximate surface area is 126 Å². The van der Waals surface area contributed by atoms with Crippen LogP contribution in [0.5, 0.6) is 0 Å². The molecular formula is C15H16FN5O. The van der Waals surface area contributed by atoms with Crippen LogP contribution in [-0.4, -0.2) is 37.2 Å². The van der Waals surface area contributed by atoms with E-state index < -0.39 is 11.9 Å². The SMILES string of the molecule is Cc1ccc2nc(C(=O)N(C)Cc3ncc(C)[nH]3)c(F)n2c1. The van der Waals surface area contributed by atoms with E-state index in [1.807, 2.05) is 19.9 Å². The molecule has 1 N–H and O–H groups in total. The van der Waals surface area contributed by atoms with Crippen molar-refractivity contribution in [3.05, 3.63) is 53.2 Å². The van der Waals surface area contributed by atoms with Crippen LogP contribution in [0.2, 0.25) is 0 Å². The van der Waals surface area contributed by atoms with Crippen molar-refractivity contribution >= 4 is 11.6 Å². The van der Waals surface area contributed by atoms with Crippen molar-refractivity contribution in [1.29, 1.82) is 0 Å². The minimum Gasteiger partial charge on any atom is -0.345 e. The number of aromatic nitrogens is 4. The molecule has 0 aliphatic heterocycles. The summed E-state index contributed by atoms with van der Waals surface area (Å²) in [5, 5.41) is 0. The molecule has 0 saturated heterocycles. The van der Waals surface area contributed by atoms with Crippen LogP contribution < -0.4 is 0 Å². The number of carbonyl (C=O) groups is 1. The van der Waals surface area contributed by atoms with Gasteiger partial charge in [-0.25, -0.2) is 9.97 Å². The lowest BCUT2D eigenvalue weighted by molar-refractivity contribution is 0.0771. The summed E-state index contributed by atoms with van der Waals surface area (Å²) in [5.41, 5.74) is 2.03. The summed E-state index contributed by atoms with van der Waals surface area (Å²) in [4.78, 5) is 25.0. The largest absolute Gasteiger partial charge is 0.345 e. The molecule has 0 atom stereocenters. The Kier molecular flexibility index (Phi) is 3.40. The molecule has 0 aromatic carbocycles. The number of halogens is 1. The van der Waals surface area contributed by atoms with E-state index >= 15 is 0 Å². The Balaban J connectivity index is 1.89. The van der Waals surface area contributed by atoms with Crippen LogP contribution >= 0.6 is 0 Å². The van der Waals surface area contributed by atoms with Crippen molar-refractivity contribution in [2.75, 3.05) is 7.05 Å². The normalized spacial score (nSPS) is 11.1. The number of fused-ring (bicyclic) bond motifs is 1. The highest BCUT2D eigenvalue weighted by Crippen LogP contribution is 2.14. The number of aryl methyl sites for hydroxylation is 2. The van der Waals surface area contributed by atoms with E-state index in [9.17, 15) is 9.18 Å². The zero-order valence-corrected chi connectivity index (χ0v) is 12.6. The van der Waals surface area contributed by atoms with Crippen LogP contribution in [0.3, 0.4) is 0 Å². The Morgan fingerprint density at radius 2 is 2.18 bits per heavy atom. The van der Waals surface area contributed by atoms with Crippen molar-refractivity contribution in [2.24, 2.45) is 0 Å². The third-order valence-electron chi connectivity index (χ3n) is 3.40. The van der Waals surface area contributed by atoms with Crippen LogP contribution in [-0.2, 0) is 6.54 Å². The molecule has 0 aliphatic rings. The highest BCUT2D eigenvalue weighted by molar-refractivity contribution is 5.93. The van der Waals surface area contributed by atoms with Crippen molar-refractivity contribution < 1.29 is 9.18 Å². The summed E-state index contributed by atoms with van der Waals surface area (Å²) in [7, 11) is 1.59. The van der Waals surface area contributed by atoms with E-state index in [0.29, 0.717) is 11.5 Å². The van der Waals surface area contributed by atoms with Gasteiger partial charge in [0.25, 0.3) is 5.91 Å². The second-order valence-electron chi connectivity index (χ2n) is 5.36. The molecule has 0 spiro atoms. The van der Waals surface area contributed by atoms with Gasteiger partial charge in [0.05, 0.1) is 6.54 Å². The summed E-state index contributed by atoms with van der Waals surface area (Å²) in [5.74, 6) is -0.479. The molecule has 0 fully saturated rings. The van der Waals surface area contributed by atoms with Gasteiger partial charge in [0, 0.05) is 25.1 Å². The smallest absolute Gasteiger partial charge is 0.277 e. The number of H-pyrrole nitrogens is 1. The summed E-state index contributed by atoms with van der Waals surface area (Å²) in [6.07, 6.45) is 3.30. The number of aromatic amines is 1. The van der Waals surface area contributed by atoms with Gasteiger partial charge in [-0.05, 0) is 25.5 Å². The zero-order valence-electron chi connectivity index (χ0n) is 12.6. The summed E-state index contributed by atoms with van der Waals surface area (Å²) in [6, 6.07) is 3.51. The lowest BCUT2D eigenvalue weighted by Crippen LogP contribution is -2.27. The van der Waals surface area contributed by atoms with Crippen LogP contribution in [0.4, 0.5) is 4.39 Å². The van der Waals surface area contributed by atoms with Gasteiger partial charge in [-0.3, -0.25) is 9.20 Å². The van der Waals surface area contributed by atoms with Crippen LogP contribution in [0, 0.1) is 19.8 Å². The van der Waals surface area contributed by atoms with Gasteiger partial charge in [-0.2, -0.15) is 4.39 Å². The van der Waals surface area contributed by atoms with Gasteiger partial charge in [0.2, 0.25) is 5.95 Å². The van der Waals surface area contributed by atoms with Crippen molar-refractivity contribution in [1.82, 2.24) is 24.3 Å². The number of carbonyl (C=O) groups excluding carboxylic acids is 1. The maximum atomic E-state index is 14.4. The Morgan fingerprint density at radius 1 is 1.41 bits per heavy atom. The molecule has 7 heteroatoms. The minimum absolute atomic E-state index is 0.184. The van der Waals surface area contributed by atoms with Gasteiger partial charge in [-0.15, -0.1) is 0 Å². The number of hydrogen-bond acceptors (Lipinski definition) is 3. The van der Waals surface area contributed by atoms with Gasteiger partial charge in [0.15, 0.2) is 5.69 Å².